The van der Waals surface area contributed by atoms with E-state index in [1.807, 2.05) is 4.90 Å². The van der Waals surface area contributed by atoms with E-state index in [1.54, 1.807) is 12.1 Å². The number of rotatable bonds is 4. The monoisotopic (exact) mass is 356 g/mol. The highest BCUT2D eigenvalue weighted by atomic mass is 79.9. The number of hydrogen-bond donors (Lipinski definition) is 0. The molecule has 2 rings (SSSR count). The van der Waals surface area contributed by atoms with Crippen LogP contribution >= 0.6 is 15.9 Å². The lowest BCUT2D eigenvalue weighted by atomic mass is 10.0. The SMILES string of the molecule is COC(=O)C1CCCCN1Cc1ccc(Br)cc1[N+](=O)[O-]. The van der Waals surface area contributed by atoms with E-state index in [2.05, 4.69) is 15.9 Å². The average Bonchev–Trinajstić information content (AvgIpc) is 2.48. The molecule has 0 saturated carbocycles. The Morgan fingerprint density at radius 1 is 1.52 bits per heavy atom. The third-order valence-corrected chi connectivity index (χ3v) is 4.20. The summed E-state index contributed by atoms with van der Waals surface area (Å²) in [5, 5.41) is 11.2. The van der Waals surface area contributed by atoms with Crippen LogP contribution in [0.3, 0.4) is 0 Å². The summed E-state index contributed by atoms with van der Waals surface area (Å²) in [5.74, 6) is -0.269. The van der Waals surface area contributed by atoms with Crippen LogP contribution in [-0.4, -0.2) is 35.5 Å². The number of ether oxygens (including phenoxy) is 1. The maximum Gasteiger partial charge on any atom is 0.323 e. The molecule has 0 amide bonds. The summed E-state index contributed by atoms with van der Waals surface area (Å²) in [6.07, 6.45) is 2.69. The van der Waals surface area contributed by atoms with E-state index in [4.69, 9.17) is 4.74 Å². The summed E-state index contributed by atoms with van der Waals surface area (Å²) in [7, 11) is 1.37. The maximum atomic E-state index is 11.8. The van der Waals surface area contributed by atoms with Crippen LogP contribution in [-0.2, 0) is 16.1 Å². The number of piperidine rings is 1. The smallest absolute Gasteiger partial charge is 0.323 e. The predicted molar refractivity (Wildman–Crippen MR) is 80.9 cm³/mol. The fourth-order valence-electron chi connectivity index (χ4n) is 2.64. The quantitative estimate of drug-likeness (QED) is 0.471. The Labute approximate surface area is 131 Å². The predicted octanol–water partition coefficient (Wildman–Crippen LogP) is 2.88. The second-order valence-electron chi connectivity index (χ2n) is 5.04. The first-order valence-corrected chi connectivity index (χ1v) is 7.57. The van der Waals surface area contributed by atoms with Crippen LogP contribution in [0.25, 0.3) is 0 Å². The van der Waals surface area contributed by atoms with E-state index in [0.717, 1.165) is 25.8 Å². The van der Waals surface area contributed by atoms with Gasteiger partial charge in [-0.05, 0) is 31.5 Å². The normalized spacial score (nSPS) is 19.2. The Morgan fingerprint density at radius 3 is 2.95 bits per heavy atom. The van der Waals surface area contributed by atoms with E-state index in [-0.39, 0.29) is 17.7 Å². The molecule has 1 aliphatic rings. The van der Waals surface area contributed by atoms with Crippen LogP contribution in [0.4, 0.5) is 5.69 Å². The number of likely N-dealkylation sites (tertiary alicyclic amines) is 1. The largest absolute Gasteiger partial charge is 0.468 e. The van der Waals surface area contributed by atoms with Gasteiger partial charge in [-0.2, -0.15) is 0 Å². The fraction of sp³-hybridized carbons (Fsp3) is 0.500. The van der Waals surface area contributed by atoms with Crippen molar-refractivity contribution >= 4 is 27.6 Å². The van der Waals surface area contributed by atoms with Crippen molar-refractivity contribution in [3.05, 3.63) is 38.3 Å². The van der Waals surface area contributed by atoms with Crippen LogP contribution in [0.15, 0.2) is 22.7 Å². The highest BCUT2D eigenvalue weighted by Crippen LogP contribution is 2.27. The Morgan fingerprint density at radius 2 is 2.29 bits per heavy atom. The Kier molecular flexibility index (Phi) is 5.30. The molecular weight excluding hydrogens is 340 g/mol. The van der Waals surface area contributed by atoms with Crippen molar-refractivity contribution in [2.45, 2.75) is 31.8 Å². The summed E-state index contributed by atoms with van der Waals surface area (Å²) in [6.45, 7) is 1.12. The van der Waals surface area contributed by atoms with Gasteiger partial charge in [0.25, 0.3) is 5.69 Å². The molecule has 0 N–H and O–H groups in total. The first kappa shape index (κ1) is 15.9. The van der Waals surface area contributed by atoms with Crippen LogP contribution in [0.1, 0.15) is 24.8 Å². The number of nitro groups is 1. The van der Waals surface area contributed by atoms with Gasteiger partial charge in [0.15, 0.2) is 0 Å². The molecule has 0 spiro atoms. The van der Waals surface area contributed by atoms with Crippen molar-refractivity contribution < 1.29 is 14.5 Å². The molecule has 1 atom stereocenters. The van der Waals surface area contributed by atoms with Crippen molar-refractivity contribution in [3.63, 3.8) is 0 Å². The first-order chi connectivity index (χ1) is 10.0. The zero-order valence-electron chi connectivity index (χ0n) is 11.8. The minimum Gasteiger partial charge on any atom is -0.468 e. The van der Waals surface area contributed by atoms with E-state index >= 15 is 0 Å². The Balaban J connectivity index is 2.23. The number of benzene rings is 1. The fourth-order valence-corrected chi connectivity index (χ4v) is 2.99. The van der Waals surface area contributed by atoms with Crippen molar-refractivity contribution in [1.82, 2.24) is 4.90 Å². The minimum atomic E-state index is -0.392. The van der Waals surface area contributed by atoms with E-state index in [9.17, 15) is 14.9 Å². The van der Waals surface area contributed by atoms with Gasteiger partial charge in [0, 0.05) is 22.6 Å². The van der Waals surface area contributed by atoms with Crippen molar-refractivity contribution in [2.75, 3.05) is 13.7 Å². The summed E-state index contributed by atoms with van der Waals surface area (Å²) in [6, 6.07) is 4.68. The summed E-state index contributed by atoms with van der Waals surface area (Å²) in [5.41, 5.74) is 0.678. The van der Waals surface area contributed by atoms with Crippen LogP contribution in [0.5, 0.6) is 0 Å². The molecule has 1 aromatic carbocycles. The van der Waals surface area contributed by atoms with Gasteiger partial charge < -0.3 is 4.74 Å². The summed E-state index contributed by atoms with van der Waals surface area (Å²) >= 11 is 3.24. The van der Waals surface area contributed by atoms with Gasteiger partial charge in [-0.3, -0.25) is 19.8 Å². The molecule has 0 bridgehead atoms. The summed E-state index contributed by atoms with van der Waals surface area (Å²) in [4.78, 5) is 24.6. The molecule has 1 aromatic rings. The number of hydrogen-bond acceptors (Lipinski definition) is 5. The van der Waals surface area contributed by atoms with Crippen molar-refractivity contribution in [2.24, 2.45) is 0 Å². The lowest BCUT2D eigenvalue weighted by Gasteiger charge is -2.33. The van der Waals surface area contributed by atoms with Gasteiger partial charge in [0.05, 0.1) is 12.0 Å². The molecule has 114 valence electrons. The topological polar surface area (TPSA) is 72.7 Å². The molecule has 1 aliphatic heterocycles. The zero-order valence-corrected chi connectivity index (χ0v) is 13.3. The number of halogens is 1. The number of esters is 1. The molecule has 1 saturated heterocycles. The minimum absolute atomic E-state index is 0.0681. The molecule has 0 aliphatic carbocycles. The standard InChI is InChI=1S/C14H17BrN2O4/c1-21-14(18)12-4-2-3-7-16(12)9-10-5-6-11(15)8-13(10)17(19)20/h5-6,8,12H,2-4,7,9H2,1H3. The molecule has 1 unspecified atom stereocenters. The molecule has 1 heterocycles. The number of nitrogens with zero attached hydrogens (tertiary/aromatic N) is 2. The van der Waals surface area contributed by atoms with Gasteiger partial charge in [-0.1, -0.05) is 22.4 Å². The number of nitro benzene ring substituents is 1. The third kappa shape index (κ3) is 3.79. The number of carbonyl (C=O) groups is 1. The highest BCUT2D eigenvalue weighted by molar-refractivity contribution is 9.10. The lowest BCUT2D eigenvalue weighted by molar-refractivity contribution is -0.385. The number of methoxy groups -OCH3 is 1. The zero-order chi connectivity index (χ0) is 15.4. The molecule has 0 aromatic heterocycles. The Hall–Kier alpha value is -1.47. The van der Waals surface area contributed by atoms with Gasteiger partial charge in [0.1, 0.15) is 6.04 Å². The van der Waals surface area contributed by atoms with Crippen LogP contribution < -0.4 is 0 Å². The second-order valence-corrected chi connectivity index (χ2v) is 5.95. The summed E-state index contributed by atoms with van der Waals surface area (Å²) < 4.78 is 5.50. The van der Waals surface area contributed by atoms with E-state index in [1.165, 1.54) is 13.2 Å². The van der Waals surface area contributed by atoms with E-state index < -0.39 is 4.92 Å². The second kappa shape index (κ2) is 7.00. The van der Waals surface area contributed by atoms with Gasteiger partial charge in [-0.25, -0.2) is 0 Å². The molecular formula is C14H17BrN2O4. The Bertz CT molecular complexity index is 550. The first-order valence-electron chi connectivity index (χ1n) is 6.77. The van der Waals surface area contributed by atoms with Crippen LogP contribution in [0, 0.1) is 10.1 Å². The van der Waals surface area contributed by atoms with Crippen molar-refractivity contribution in [1.29, 1.82) is 0 Å². The van der Waals surface area contributed by atoms with Gasteiger partial charge in [-0.15, -0.1) is 0 Å². The van der Waals surface area contributed by atoms with E-state index in [0.29, 0.717) is 16.6 Å². The highest BCUT2D eigenvalue weighted by Gasteiger charge is 2.30. The maximum absolute atomic E-state index is 11.8. The molecule has 6 nitrogen and oxygen atoms in total. The average molecular weight is 357 g/mol. The molecule has 7 heteroatoms. The lowest BCUT2D eigenvalue weighted by Crippen LogP contribution is -2.44. The van der Waals surface area contributed by atoms with Crippen LogP contribution in [0.2, 0.25) is 0 Å². The molecule has 0 radical (unpaired) electrons. The third-order valence-electron chi connectivity index (χ3n) is 3.70. The molecule has 1 fully saturated rings. The van der Waals surface area contributed by atoms with Crippen molar-refractivity contribution in [3.8, 4) is 0 Å². The van der Waals surface area contributed by atoms with Gasteiger partial charge >= 0.3 is 5.97 Å². The number of carbonyl (C=O) groups excluding carboxylic acids is 1. The van der Waals surface area contributed by atoms with Gasteiger partial charge in [0.2, 0.25) is 0 Å². The molecule has 21 heavy (non-hydrogen) atoms.